The van der Waals surface area contributed by atoms with Crippen LogP contribution in [0.2, 0.25) is 0 Å². The Hall–Kier alpha value is -3.37. The third-order valence-electron chi connectivity index (χ3n) is 4.94. The summed E-state index contributed by atoms with van der Waals surface area (Å²) in [6.07, 6.45) is 3.68. The molecule has 0 unspecified atom stereocenters. The van der Waals surface area contributed by atoms with E-state index < -0.39 is 0 Å². The molecule has 0 aliphatic heterocycles. The van der Waals surface area contributed by atoms with E-state index in [1.54, 1.807) is 18.3 Å². The molecule has 0 amide bonds. The van der Waals surface area contributed by atoms with Crippen molar-refractivity contribution in [3.05, 3.63) is 82.7 Å². The van der Waals surface area contributed by atoms with Gasteiger partial charge in [0, 0.05) is 18.1 Å². The Balaban J connectivity index is 1.64. The van der Waals surface area contributed by atoms with E-state index in [9.17, 15) is 10.1 Å². The Bertz CT molecular complexity index is 1280. The first-order chi connectivity index (χ1) is 14.6. The number of benzene rings is 2. The van der Waals surface area contributed by atoms with E-state index in [4.69, 9.17) is 0 Å². The summed E-state index contributed by atoms with van der Waals surface area (Å²) >= 11 is 1.49. The normalized spacial score (nSPS) is 11.1. The standard InChI is InChI=1S/C23H21N5OS/c1-16(2)17-7-9-18(10-8-17)27-14-12-25-23(27)30-15-21-26-20-6-4-3-5-19(20)22(29)28(21)13-11-24/h3-10,12,14,16H,13,15H2,1-2H3. The minimum atomic E-state index is -0.189. The highest BCUT2D eigenvalue weighted by molar-refractivity contribution is 7.98. The summed E-state index contributed by atoms with van der Waals surface area (Å²) in [5.74, 6) is 1.48. The molecule has 0 aliphatic carbocycles. The number of rotatable bonds is 6. The number of imidazole rings is 1. The monoisotopic (exact) mass is 415 g/mol. The second-order valence-corrected chi connectivity index (χ2v) is 8.15. The molecule has 2 aromatic heterocycles. The molecule has 30 heavy (non-hydrogen) atoms. The number of hydrogen-bond acceptors (Lipinski definition) is 5. The van der Waals surface area contributed by atoms with E-state index in [-0.39, 0.29) is 12.1 Å². The van der Waals surface area contributed by atoms with Crippen molar-refractivity contribution in [1.29, 1.82) is 5.26 Å². The molecule has 0 spiro atoms. The molecule has 0 aliphatic rings. The smallest absolute Gasteiger partial charge is 0.262 e. The molecule has 2 heterocycles. The largest absolute Gasteiger partial charge is 0.295 e. The van der Waals surface area contributed by atoms with Crippen molar-refractivity contribution in [3.63, 3.8) is 0 Å². The van der Waals surface area contributed by atoms with E-state index >= 15 is 0 Å². The van der Waals surface area contributed by atoms with Crippen molar-refractivity contribution in [2.75, 3.05) is 0 Å². The fraction of sp³-hybridized carbons (Fsp3) is 0.217. The quantitative estimate of drug-likeness (QED) is 0.433. The van der Waals surface area contributed by atoms with Crippen LogP contribution in [0.15, 0.2) is 70.9 Å². The highest BCUT2D eigenvalue weighted by Crippen LogP contribution is 2.25. The van der Waals surface area contributed by atoms with Gasteiger partial charge in [0.2, 0.25) is 0 Å². The highest BCUT2D eigenvalue weighted by atomic mass is 32.2. The Morgan fingerprint density at radius 3 is 2.63 bits per heavy atom. The summed E-state index contributed by atoms with van der Waals surface area (Å²) in [6, 6.07) is 17.7. The van der Waals surface area contributed by atoms with Crippen LogP contribution in [0.1, 0.15) is 31.2 Å². The fourth-order valence-electron chi connectivity index (χ4n) is 3.30. The lowest BCUT2D eigenvalue weighted by atomic mass is 10.0. The SMILES string of the molecule is CC(C)c1ccc(-n2ccnc2SCc2nc3ccccc3c(=O)n2CC#N)cc1. The summed E-state index contributed by atoms with van der Waals surface area (Å²) in [4.78, 5) is 21.9. The number of fused-ring (bicyclic) bond motifs is 1. The summed E-state index contributed by atoms with van der Waals surface area (Å²) in [6.45, 7) is 4.31. The number of thioether (sulfide) groups is 1. The number of nitrogens with zero attached hydrogens (tertiary/aromatic N) is 5. The van der Waals surface area contributed by atoms with E-state index in [1.807, 2.05) is 22.9 Å². The number of aromatic nitrogens is 4. The first-order valence-corrected chi connectivity index (χ1v) is 10.7. The molecule has 150 valence electrons. The number of para-hydroxylation sites is 1. The van der Waals surface area contributed by atoms with Gasteiger partial charge >= 0.3 is 0 Å². The van der Waals surface area contributed by atoms with Crippen LogP contribution in [0.3, 0.4) is 0 Å². The van der Waals surface area contributed by atoms with E-state index in [0.29, 0.717) is 28.4 Å². The van der Waals surface area contributed by atoms with Gasteiger partial charge in [-0.25, -0.2) is 9.97 Å². The molecule has 0 atom stereocenters. The maximum absolute atomic E-state index is 12.8. The maximum atomic E-state index is 12.8. The van der Waals surface area contributed by atoms with Gasteiger partial charge in [0.25, 0.3) is 5.56 Å². The Kier molecular flexibility index (Phi) is 5.68. The van der Waals surface area contributed by atoms with Crippen molar-refractivity contribution in [2.45, 2.75) is 37.2 Å². The predicted octanol–water partition coefficient (Wildman–Crippen LogP) is 4.52. The fourth-order valence-corrected chi connectivity index (χ4v) is 4.22. The van der Waals surface area contributed by atoms with E-state index in [0.717, 1.165) is 10.8 Å². The minimum absolute atomic E-state index is 0.0301. The van der Waals surface area contributed by atoms with Crippen LogP contribution in [-0.4, -0.2) is 19.1 Å². The zero-order valence-electron chi connectivity index (χ0n) is 16.8. The van der Waals surface area contributed by atoms with Gasteiger partial charge in [-0.15, -0.1) is 0 Å². The lowest BCUT2D eigenvalue weighted by molar-refractivity contribution is 0.729. The summed E-state index contributed by atoms with van der Waals surface area (Å²) in [5, 5.41) is 10.5. The molecule has 0 bridgehead atoms. The van der Waals surface area contributed by atoms with Gasteiger partial charge in [-0.2, -0.15) is 5.26 Å². The molecule has 7 heteroatoms. The first-order valence-electron chi connectivity index (χ1n) is 9.70. The topological polar surface area (TPSA) is 76.5 Å². The van der Waals surface area contributed by atoms with Crippen LogP contribution in [0, 0.1) is 11.3 Å². The van der Waals surface area contributed by atoms with Gasteiger partial charge in [-0.3, -0.25) is 13.9 Å². The molecule has 0 fully saturated rings. The van der Waals surface area contributed by atoms with Crippen molar-refractivity contribution >= 4 is 22.7 Å². The van der Waals surface area contributed by atoms with Crippen molar-refractivity contribution < 1.29 is 0 Å². The summed E-state index contributed by atoms with van der Waals surface area (Å²) < 4.78 is 3.46. The van der Waals surface area contributed by atoms with Gasteiger partial charge in [0.15, 0.2) is 5.16 Å². The highest BCUT2D eigenvalue weighted by Gasteiger charge is 2.13. The second-order valence-electron chi connectivity index (χ2n) is 7.21. The van der Waals surface area contributed by atoms with Gasteiger partial charge < -0.3 is 0 Å². The van der Waals surface area contributed by atoms with Crippen LogP contribution in [0.4, 0.5) is 0 Å². The van der Waals surface area contributed by atoms with Crippen LogP contribution in [-0.2, 0) is 12.3 Å². The molecule has 4 rings (SSSR count). The first kappa shape index (κ1) is 19.9. The van der Waals surface area contributed by atoms with E-state index in [2.05, 4.69) is 54.2 Å². The van der Waals surface area contributed by atoms with Crippen LogP contribution in [0.5, 0.6) is 0 Å². The average Bonchev–Trinajstić information content (AvgIpc) is 3.23. The molecular weight excluding hydrogens is 394 g/mol. The zero-order chi connectivity index (χ0) is 21.1. The summed E-state index contributed by atoms with van der Waals surface area (Å²) in [5.41, 5.74) is 2.76. The third-order valence-corrected chi connectivity index (χ3v) is 5.91. The Morgan fingerprint density at radius 2 is 1.90 bits per heavy atom. The molecule has 4 aromatic rings. The number of nitriles is 1. The molecule has 0 saturated carbocycles. The lowest BCUT2D eigenvalue weighted by Crippen LogP contribution is -2.24. The third kappa shape index (κ3) is 3.87. The van der Waals surface area contributed by atoms with Crippen LogP contribution in [0.25, 0.3) is 16.6 Å². The predicted molar refractivity (Wildman–Crippen MR) is 119 cm³/mol. The maximum Gasteiger partial charge on any atom is 0.262 e. The summed E-state index contributed by atoms with van der Waals surface area (Å²) in [7, 11) is 0. The molecule has 0 saturated heterocycles. The van der Waals surface area contributed by atoms with Gasteiger partial charge in [0.1, 0.15) is 12.4 Å². The second kappa shape index (κ2) is 8.56. The van der Waals surface area contributed by atoms with Crippen molar-refractivity contribution in [2.24, 2.45) is 0 Å². The minimum Gasteiger partial charge on any atom is -0.295 e. The molecule has 2 aromatic carbocycles. The average molecular weight is 416 g/mol. The molecule has 0 radical (unpaired) electrons. The van der Waals surface area contributed by atoms with E-state index in [1.165, 1.54) is 21.9 Å². The Morgan fingerprint density at radius 1 is 1.13 bits per heavy atom. The van der Waals surface area contributed by atoms with Crippen molar-refractivity contribution in [1.82, 2.24) is 19.1 Å². The Labute approximate surface area is 178 Å². The lowest BCUT2D eigenvalue weighted by Gasteiger charge is -2.12. The van der Waals surface area contributed by atoms with Crippen molar-refractivity contribution in [3.8, 4) is 11.8 Å². The number of hydrogen-bond donors (Lipinski definition) is 0. The molecule has 6 nitrogen and oxygen atoms in total. The zero-order valence-corrected chi connectivity index (χ0v) is 17.6. The van der Waals surface area contributed by atoms with Gasteiger partial charge in [-0.1, -0.05) is 49.9 Å². The van der Waals surface area contributed by atoms with Gasteiger partial charge in [-0.05, 0) is 35.7 Å². The molecule has 0 N–H and O–H groups in total. The van der Waals surface area contributed by atoms with Gasteiger partial charge in [0.05, 0.1) is 22.7 Å². The van der Waals surface area contributed by atoms with Crippen LogP contribution < -0.4 is 5.56 Å². The van der Waals surface area contributed by atoms with Crippen LogP contribution >= 0.6 is 11.8 Å². The molecular formula is C23H21N5OS.